The second-order valence-electron chi connectivity index (χ2n) is 7.09. The Balaban J connectivity index is 1.57. The number of nitro benzene ring substituents is 1. The molecule has 1 aliphatic rings. The summed E-state index contributed by atoms with van der Waals surface area (Å²) in [6.07, 6.45) is 2.41. The molecule has 3 heterocycles. The van der Waals surface area contributed by atoms with Crippen LogP contribution >= 0.6 is 23.2 Å². The van der Waals surface area contributed by atoms with Gasteiger partial charge in [-0.2, -0.15) is 0 Å². The van der Waals surface area contributed by atoms with Crippen molar-refractivity contribution in [2.75, 3.05) is 0 Å². The standard InChI is InChI=1S/C22H13Cl2N3O4/c23-13-1-4-16-18(10-13)25-21-12(7-8-26(21)22(16)28)9-15-3-6-20(31-15)17-5-2-14(24)11-19(17)27(29)30/h1-6,9-11H,7-8H2/b12-9+. The minimum absolute atomic E-state index is 0.114. The fourth-order valence-corrected chi connectivity index (χ4v) is 4.07. The van der Waals surface area contributed by atoms with E-state index < -0.39 is 4.92 Å². The van der Waals surface area contributed by atoms with Crippen molar-refractivity contribution in [1.29, 1.82) is 0 Å². The molecule has 9 heteroatoms. The van der Waals surface area contributed by atoms with E-state index in [1.54, 1.807) is 53.1 Å². The first-order valence-corrected chi connectivity index (χ1v) is 10.1. The number of hydrogen-bond acceptors (Lipinski definition) is 5. The smallest absolute Gasteiger partial charge is 0.281 e. The molecule has 5 rings (SSSR count). The van der Waals surface area contributed by atoms with Crippen LogP contribution in [0.1, 0.15) is 18.0 Å². The van der Waals surface area contributed by atoms with Crippen molar-refractivity contribution in [2.45, 2.75) is 13.0 Å². The summed E-state index contributed by atoms with van der Waals surface area (Å²) in [6, 6.07) is 12.8. The number of benzene rings is 2. The molecule has 31 heavy (non-hydrogen) atoms. The molecule has 0 atom stereocenters. The number of hydrogen-bond donors (Lipinski definition) is 0. The lowest BCUT2D eigenvalue weighted by molar-refractivity contribution is -0.384. The van der Waals surface area contributed by atoms with Gasteiger partial charge in [0.1, 0.15) is 17.3 Å². The van der Waals surface area contributed by atoms with E-state index in [4.69, 9.17) is 27.6 Å². The molecule has 7 nitrogen and oxygen atoms in total. The Kier molecular flexibility index (Phi) is 4.64. The third-order valence-electron chi connectivity index (χ3n) is 5.17. The molecule has 1 aliphatic heterocycles. The minimum atomic E-state index is -0.498. The number of aromatic nitrogens is 2. The summed E-state index contributed by atoms with van der Waals surface area (Å²) in [5.74, 6) is 1.42. The van der Waals surface area contributed by atoms with E-state index in [9.17, 15) is 14.9 Å². The Labute approximate surface area is 185 Å². The molecular weight excluding hydrogens is 441 g/mol. The van der Waals surface area contributed by atoms with Crippen molar-refractivity contribution in [3.63, 3.8) is 0 Å². The Hall–Kier alpha value is -3.42. The van der Waals surface area contributed by atoms with E-state index in [-0.39, 0.29) is 16.3 Å². The lowest BCUT2D eigenvalue weighted by Gasteiger charge is -2.05. The normalized spacial score (nSPS) is 14.3. The van der Waals surface area contributed by atoms with E-state index in [0.29, 0.717) is 51.8 Å². The third-order valence-corrected chi connectivity index (χ3v) is 5.64. The number of rotatable bonds is 3. The van der Waals surface area contributed by atoms with Gasteiger partial charge in [-0.15, -0.1) is 0 Å². The summed E-state index contributed by atoms with van der Waals surface area (Å²) in [6.45, 7) is 0.516. The van der Waals surface area contributed by atoms with Gasteiger partial charge in [0.2, 0.25) is 0 Å². The summed E-state index contributed by atoms with van der Waals surface area (Å²) in [7, 11) is 0. The summed E-state index contributed by atoms with van der Waals surface area (Å²) in [5.41, 5.74) is 1.46. The quantitative estimate of drug-likeness (QED) is 0.288. The SMILES string of the molecule is O=c1c2ccc(Cl)cc2nc2n1CC/C2=C\c1ccc(-c2ccc(Cl)cc2[N+](=O)[O-])o1. The van der Waals surface area contributed by atoms with Crippen LogP contribution < -0.4 is 5.56 Å². The maximum Gasteiger partial charge on any atom is 0.281 e. The van der Waals surface area contributed by atoms with Gasteiger partial charge in [0.25, 0.3) is 11.2 Å². The van der Waals surface area contributed by atoms with E-state index in [1.807, 2.05) is 0 Å². The Morgan fingerprint density at radius 2 is 1.87 bits per heavy atom. The van der Waals surface area contributed by atoms with Gasteiger partial charge in [-0.05, 0) is 55.0 Å². The van der Waals surface area contributed by atoms with Crippen molar-refractivity contribution in [1.82, 2.24) is 9.55 Å². The molecule has 0 saturated carbocycles. The fourth-order valence-electron chi connectivity index (χ4n) is 3.74. The minimum Gasteiger partial charge on any atom is -0.456 e. The van der Waals surface area contributed by atoms with Crippen molar-refractivity contribution in [3.05, 3.63) is 90.6 Å². The molecule has 0 amide bonds. The first-order chi connectivity index (χ1) is 14.9. The molecule has 4 aromatic rings. The van der Waals surface area contributed by atoms with Crippen molar-refractivity contribution in [2.24, 2.45) is 0 Å². The largest absolute Gasteiger partial charge is 0.456 e. The number of fused-ring (bicyclic) bond motifs is 2. The fraction of sp³-hybridized carbons (Fsp3) is 0.0909. The van der Waals surface area contributed by atoms with Gasteiger partial charge in [0, 0.05) is 28.2 Å². The lowest BCUT2D eigenvalue weighted by atomic mass is 10.1. The van der Waals surface area contributed by atoms with E-state index >= 15 is 0 Å². The number of allylic oxidation sites excluding steroid dienone is 1. The second kappa shape index (κ2) is 7.37. The maximum atomic E-state index is 12.8. The van der Waals surface area contributed by atoms with Crippen molar-refractivity contribution < 1.29 is 9.34 Å². The van der Waals surface area contributed by atoms with Crippen LogP contribution in [0.25, 0.3) is 33.9 Å². The van der Waals surface area contributed by atoms with Crippen LogP contribution in [0.5, 0.6) is 0 Å². The highest BCUT2D eigenvalue weighted by molar-refractivity contribution is 6.31. The van der Waals surface area contributed by atoms with Crippen molar-refractivity contribution in [3.8, 4) is 11.3 Å². The predicted molar refractivity (Wildman–Crippen MR) is 119 cm³/mol. The van der Waals surface area contributed by atoms with Crippen LogP contribution in [-0.2, 0) is 6.54 Å². The molecule has 0 fully saturated rings. The maximum absolute atomic E-state index is 12.8. The average Bonchev–Trinajstić information content (AvgIpc) is 3.36. The average molecular weight is 454 g/mol. The van der Waals surface area contributed by atoms with E-state index in [1.165, 1.54) is 6.07 Å². The van der Waals surface area contributed by atoms with Gasteiger partial charge in [-0.25, -0.2) is 4.98 Å². The zero-order chi connectivity index (χ0) is 21.7. The lowest BCUT2D eigenvalue weighted by Crippen LogP contribution is -2.20. The highest BCUT2D eigenvalue weighted by atomic mass is 35.5. The summed E-state index contributed by atoms with van der Waals surface area (Å²) in [4.78, 5) is 28.3. The van der Waals surface area contributed by atoms with Gasteiger partial charge < -0.3 is 4.42 Å². The van der Waals surface area contributed by atoms with Gasteiger partial charge >= 0.3 is 0 Å². The van der Waals surface area contributed by atoms with Crippen LogP contribution in [0.3, 0.4) is 0 Å². The molecule has 154 valence electrons. The van der Waals surface area contributed by atoms with Crippen molar-refractivity contribution >= 4 is 51.4 Å². The molecule has 0 radical (unpaired) electrons. The third kappa shape index (κ3) is 3.41. The first kappa shape index (κ1) is 19.5. The Morgan fingerprint density at radius 1 is 1.10 bits per heavy atom. The molecule has 0 spiro atoms. The summed E-state index contributed by atoms with van der Waals surface area (Å²) >= 11 is 12.0. The molecule has 2 aromatic heterocycles. The number of furan rings is 1. The number of halogens is 2. The monoisotopic (exact) mass is 453 g/mol. The first-order valence-electron chi connectivity index (χ1n) is 9.36. The Bertz CT molecular complexity index is 1470. The molecule has 0 N–H and O–H groups in total. The van der Waals surface area contributed by atoms with Crippen LogP contribution in [0.15, 0.2) is 57.7 Å². The molecule has 2 aromatic carbocycles. The Morgan fingerprint density at radius 3 is 2.68 bits per heavy atom. The number of nitro groups is 1. The summed E-state index contributed by atoms with van der Waals surface area (Å²) in [5, 5.41) is 12.7. The topological polar surface area (TPSA) is 91.2 Å². The van der Waals surface area contributed by atoms with Crippen LogP contribution in [0.2, 0.25) is 10.0 Å². The predicted octanol–water partition coefficient (Wildman–Crippen LogP) is 5.82. The molecule has 0 saturated heterocycles. The van der Waals surface area contributed by atoms with E-state index in [0.717, 1.165) is 5.57 Å². The van der Waals surface area contributed by atoms with Gasteiger partial charge in [-0.3, -0.25) is 19.5 Å². The molecule has 0 bridgehead atoms. The van der Waals surface area contributed by atoms with Crippen LogP contribution in [0.4, 0.5) is 5.69 Å². The zero-order valence-electron chi connectivity index (χ0n) is 15.8. The zero-order valence-corrected chi connectivity index (χ0v) is 17.4. The molecule has 0 unspecified atom stereocenters. The second-order valence-corrected chi connectivity index (χ2v) is 7.97. The molecule has 0 aliphatic carbocycles. The van der Waals surface area contributed by atoms with Gasteiger partial charge in [0.15, 0.2) is 0 Å². The molecular formula is C22H13Cl2N3O4. The highest BCUT2D eigenvalue weighted by Gasteiger charge is 2.22. The van der Waals surface area contributed by atoms with Crippen LogP contribution in [-0.4, -0.2) is 14.5 Å². The highest BCUT2D eigenvalue weighted by Crippen LogP contribution is 2.35. The number of nitrogens with zero attached hydrogens (tertiary/aromatic N) is 3. The van der Waals surface area contributed by atoms with Gasteiger partial charge in [0.05, 0.1) is 21.4 Å². The van der Waals surface area contributed by atoms with E-state index in [2.05, 4.69) is 4.98 Å². The summed E-state index contributed by atoms with van der Waals surface area (Å²) < 4.78 is 7.49. The van der Waals surface area contributed by atoms with Crippen LogP contribution in [0, 0.1) is 10.1 Å². The van der Waals surface area contributed by atoms with Gasteiger partial charge in [-0.1, -0.05) is 23.2 Å².